The van der Waals surface area contributed by atoms with Gasteiger partial charge in [-0.1, -0.05) is 18.2 Å². The molecule has 1 aliphatic carbocycles. The summed E-state index contributed by atoms with van der Waals surface area (Å²) < 4.78 is 6.93. The second-order valence-corrected chi connectivity index (χ2v) is 7.77. The van der Waals surface area contributed by atoms with Gasteiger partial charge in [0, 0.05) is 17.1 Å². The van der Waals surface area contributed by atoms with Gasteiger partial charge >= 0.3 is 5.97 Å². The van der Waals surface area contributed by atoms with E-state index in [4.69, 9.17) is 4.74 Å². The zero-order valence-electron chi connectivity index (χ0n) is 16.1. The normalized spacial score (nSPS) is 12.4. The van der Waals surface area contributed by atoms with Crippen LogP contribution in [0.2, 0.25) is 0 Å². The van der Waals surface area contributed by atoms with Gasteiger partial charge in [0.1, 0.15) is 10.8 Å². The number of hydrogen-bond acceptors (Lipinski definition) is 6. The van der Waals surface area contributed by atoms with E-state index in [1.807, 2.05) is 42.6 Å². The van der Waals surface area contributed by atoms with E-state index in [2.05, 4.69) is 15.7 Å². The average molecular weight is 410 g/mol. The van der Waals surface area contributed by atoms with Gasteiger partial charge in [-0.2, -0.15) is 5.10 Å². The fraction of sp³-hybridized carbons (Fsp3) is 0.286. The van der Waals surface area contributed by atoms with E-state index in [0.717, 1.165) is 35.4 Å². The number of amides is 1. The van der Waals surface area contributed by atoms with Crippen molar-refractivity contribution in [3.8, 4) is 5.69 Å². The Morgan fingerprint density at radius 2 is 2.03 bits per heavy atom. The smallest absolute Gasteiger partial charge is 0.341 e. The van der Waals surface area contributed by atoms with Crippen LogP contribution in [0.3, 0.4) is 0 Å². The van der Waals surface area contributed by atoms with Crippen LogP contribution in [0.25, 0.3) is 5.69 Å². The quantitative estimate of drug-likeness (QED) is 0.581. The van der Waals surface area contributed by atoms with Gasteiger partial charge in [0.2, 0.25) is 5.91 Å². The first-order valence-corrected chi connectivity index (χ1v) is 10.4. The van der Waals surface area contributed by atoms with E-state index in [0.29, 0.717) is 23.0 Å². The molecule has 150 valence electrons. The predicted octanol–water partition coefficient (Wildman–Crippen LogP) is 3.65. The lowest BCUT2D eigenvalue weighted by Crippen LogP contribution is -2.23. The van der Waals surface area contributed by atoms with Crippen molar-refractivity contribution in [2.24, 2.45) is 0 Å². The third-order valence-corrected chi connectivity index (χ3v) is 5.90. The monoisotopic (exact) mass is 410 g/mol. The highest BCUT2D eigenvalue weighted by molar-refractivity contribution is 7.17. The first-order chi connectivity index (χ1) is 14.2. The van der Waals surface area contributed by atoms with Crippen molar-refractivity contribution in [2.75, 3.05) is 23.8 Å². The van der Waals surface area contributed by atoms with E-state index in [1.165, 1.54) is 11.3 Å². The van der Waals surface area contributed by atoms with Crippen molar-refractivity contribution >= 4 is 34.0 Å². The number of hydrogen-bond donors (Lipinski definition) is 2. The highest BCUT2D eigenvalue weighted by Crippen LogP contribution is 2.39. The van der Waals surface area contributed by atoms with E-state index in [-0.39, 0.29) is 18.4 Å². The summed E-state index contributed by atoms with van der Waals surface area (Å²) in [7, 11) is 0. The maximum Gasteiger partial charge on any atom is 0.341 e. The van der Waals surface area contributed by atoms with E-state index >= 15 is 0 Å². The molecule has 0 bridgehead atoms. The molecule has 0 radical (unpaired) electrons. The Bertz CT molecular complexity index is 1030. The maximum atomic E-state index is 12.5. The van der Waals surface area contributed by atoms with E-state index < -0.39 is 0 Å². The number of thiophene rings is 1. The van der Waals surface area contributed by atoms with Gasteiger partial charge in [0.25, 0.3) is 0 Å². The van der Waals surface area contributed by atoms with Gasteiger partial charge in [-0.15, -0.1) is 11.3 Å². The largest absolute Gasteiger partial charge is 0.462 e. The second kappa shape index (κ2) is 8.48. The number of fused-ring (bicyclic) bond motifs is 1. The molecule has 2 heterocycles. The van der Waals surface area contributed by atoms with Crippen molar-refractivity contribution in [3.05, 3.63) is 58.6 Å². The summed E-state index contributed by atoms with van der Waals surface area (Å²) in [6.45, 7) is 2.14. The van der Waals surface area contributed by atoms with Gasteiger partial charge in [0.15, 0.2) is 0 Å². The Morgan fingerprint density at radius 1 is 1.21 bits per heavy atom. The summed E-state index contributed by atoms with van der Waals surface area (Å²) in [4.78, 5) is 26.0. The molecule has 29 heavy (non-hydrogen) atoms. The average Bonchev–Trinajstić information content (AvgIpc) is 3.43. The molecule has 0 aliphatic heterocycles. The molecule has 0 fully saturated rings. The summed E-state index contributed by atoms with van der Waals surface area (Å²) in [6.07, 6.45) is 4.66. The molecule has 2 N–H and O–H groups in total. The Balaban J connectivity index is 1.41. The number of rotatable bonds is 7. The van der Waals surface area contributed by atoms with Crippen LogP contribution in [-0.2, 0) is 22.4 Å². The molecule has 0 saturated heterocycles. The van der Waals surface area contributed by atoms with Crippen LogP contribution in [0.5, 0.6) is 0 Å². The van der Waals surface area contributed by atoms with Crippen LogP contribution >= 0.6 is 11.3 Å². The van der Waals surface area contributed by atoms with Crippen LogP contribution in [0.4, 0.5) is 10.8 Å². The molecular weight excluding hydrogens is 388 g/mol. The number of nitrogens with zero attached hydrogens (tertiary/aromatic N) is 2. The molecule has 0 saturated carbocycles. The van der Waals surface area contributed by atoms with Crippen molar-refractivity contribution in [1.29, 1.82) is 0 Å². The number of carbonyl (C=O) groups is 2. The van der Waals surface area contributed by atoms with Gasteiger partial charge in [-0.05, 0) is 43.9 Å². The Morgan fingerprint density at radius 3 is 2.83 bits per heavy atom. The Labute approximate surface area is 172 Å². The Kier molecular flexibility index (Phi) is 5.62. The minimum Gasteiger partial charge on any atom is -0.462 e. The molecule has 3 aromatic rings. The predicted molar refractivity (Wildman–Crippen MR) is 113 cm³/mol. The molecule has 1 aliphatic rings. The number of aromatic nitrogens is 2. The number of aryl methyl sites for hydroxylation is 1. The van der Waals surface area contributed by atoms with Crippen molar-refractivity contribution in [1.82, 2.24) is 9.78 Å². The number of esters is 1. The van der Waals surface area contributed by atoms with Crippen LogP contribution in [0, 0.1) is 0 Å². The number of anilines is 2. The molecule has 7 nitrogen and oxygen atoms in total. The number of benzene rings is 1. The van der Waals surface area contributed by atoms with Gasteiger partial charge < -0.3 is 15.4 Å². The van der Waals surface area contributed by atoms with Crippen molar-refractivity contribution in [2.45, 2.75) is 26.2 Å². The molecular formula is C21H22N4O3S. The minimum atomic E-state index is -0.364. The summed E-state index contributed by atoms with van der Waals surface area (Å²) in [5, 5.41) is 10.9. The minimum absolute atomic E-state index is 0.0522. The molecule has 4 rings (SSSR count). The lowest BCUT2D eigenvalue weighted by Gasteiger charge is -2.08. The summed E-state index contributed by atoms with van der Waals surface area (Å²) in [5.74, 6) is 0.00443. The summed E-state index contributed by atoms with van der Waals surface area (Å²) >= 11 is 1.47. The molecule has 2 aromatic heterocycles. The highest BCUT2D eigenvalue weighted by Gasteiger charge is 2.28. The van der Waals surface area contributed by atoms with Crippen LogP contribution in [-0.4, -0.2) is 34.8 Å². The molecule has 0 spiro atoms. The molecule has 0 atom stereocenters. The van der Waals surface area contributed by atoms with Gasteiger partial charge in [-0.25, -0.2) is 9.48 Å². The third kappa shape index (κ3) is 4.17. The van der Waals surface area contributed by atoms with Crippen molar-refractivity contribution in [3.63, 3.8) is 0 Å². The van der Waals surface area contributed by atoms with E-state index in [1.54, 1.807) is 11.6 Å². The lowest BCUT2D eigenvalue weighted by molar-refractivity contribution is -0.114. The second-order valence-electron chi connectivity index (χ2n) is 6.66. The molecule has 8 heteroatoms. The van der Waals surface area contributed by atoms with E-state index in [9.17, 15) is 9.59 Å². The fourth-order valence-electron chi connectivity index (χ4n) is 3.40. The first kappa shape index (κ1) is 19.2. The van der Waals surface area contributed by atoms with Crippen molar-refractivity contribution < 1.29 is 14.3 Å². The highest BCUT2D eigenvalue weighted by atomic mass is 32.1. The number of ether oxygens (including phenoxy) is 1. The number of para-hydroxylation sites is 1. The zero-order chi connectivity index (χ0) is 20.2. The van der Waals surface area contributed by atoms with Gasteiger partial charge in [-0.3, -0.25) is 4.79 Å². The standard InChI is InChI=1S/C21H22N4O3S/c1-2-28-21(27)19-15-9-6-10-16(15)29-20(19)23-18(26)13-22-17-11-12-25(24-17)14-7-4-3-5-8-14/h3-5,7-8,11-12H,2,6,9-10,13H2,1H3,(H,22,24)(H,23,26). The topological polar surface area (TPSA) is 85.2 Å². The molecule has 0 unspecified atom stereocenters. The zero-order valence-corrected chi connectivity index (χ0v) is 16.9. The lowest BCUT2D eigenvalue weighted by atomic mass is 10.1. The maximum absolute atomic E-state index is 12.5. The summed E-state index contributed by atoms with van der Waals surface area (Å²) in [6, 6.07) is 11.5. The van der Waals surface area contributed by atoms with Gasteiger partial charge in [0.05, 0.1) is 24.4 Å². The fourth-order valence-corrected chi connectivity index (χ4v) is 4.69. The van der Waals surface area contributed by atoms with Crippen LogP contribution < -0.4 is 10.6 Å². The third-order valence-electron chi connectivity index (χ3n) is 4.69. The first-order valence-electron chi connectivity index (χ1n) is 9.62. The number of nitrogens with one attached hydrogen (secondary N) is 2. The number of carbonyl (C=O) groups excluding carboxylic acids is 2. The SMILES string of the molecule is CCOC(=O)c1c(NC(=O)CNc2ccn(-c3ccccc3)n2)sc2c1CCC2. The van der Waals surface area contributed by atoms with Crippen LogP contribution in [0.1, 0.15) is 34.1 Å². The molecule has 1 aromatic carbocycles. The Hall–Kier alpha value is -3.13. The summed E-state index contributed by atoms with van der Waals surface area (Å²) in [5.41, 5.74) is 2.49. The van der Waals surface area contributed by atoms with Crippen LogP contribution in [0.15, 0.2) is 42.6 Å². The molecule has 1 amide bonds.